The summed E-state index contributed by atoms with van der Waals surface area (Å²) < 4.78 is 7.23. The molecule has 0 aromatic heterocycles. The van der Waals surface area contributed by atoms with E-state index in [2.05, 4.69) is 31.9 Å². The molecule has 0 unspecified atom stereocenters. The van der Waals surface area contributed by atoms with Crippen LogP contribution in [0.1, 0.15) is 13.3 Å². The second-order valence-electron chi connectivity index (χ2n) is 2.85. The van der Waals surface area contributed by atoms with E-state index in [1.165, 1.54) is 0 Å². The highest BCUT2D eigenvalue weighted by Crippen LogP contribution is 2.32. The third kappa shape index (κ3) is 3.42. The predicted octanol–water partition coefficient (Wildman–Crippen LogP) is 3.57. The summed E-state index contributed by atoms with van der Waals surface area (Å²) in [5.41, 5.74) is 0. The van der Waals surface area contributed by atoms with E-state index in [-0.39, 0.29) is 5.78 Å². The summed E-state index contributed by atoms with van der Waals surface area (Å²) >= 11 is 6.75. The van der Waals surface area contributed by atoms with E-state index in [0.29, 0.717) is 13.0 Å². The minimum Gasteiger partial charge on any atom is -0.491 e. The van der Waals surface area contributed by atoms with Gasteiger partial charge in [0, 0.05) is 6.42 Å². The van der Waals surface area contributed by atoms with Gasteiger partial charge in [0.15, 0.2) is 0 Å². The lowest BCUT2D eigenvalue weighted by molar-refractivity contribution is -0.117. The van der Waals surface area contributed by atoms with Gasteiger partial charge in [0.2, 0.25) is 0 Å². The molecule has 0 bridgehead atoms. The minimum atomic E-state index is 0.133. The zero-order valence-corrected chi connectivity index (χ0v) is 10.9. The van der Waals surface area contributed by atoms with Crippen molar-refractivity contribution in [3.8, 4) is 5.75 Å². The number of para-hydroxylation sites is 1. The molecule has 0 heterocycles. The molecule has 1 aromatic carbocycles. The molecule has 1 rings (SSSR count). The Morgan fingerprint density at radius 3 is 2.43 bits per heavy atom. The first-order valence-electron chi connectivity index (χ1n) is 4.17. The molecule has 1 aromatic rings. The topological polar surface area (TPSA) is 26.3 Å². The molecule has 0 saturated heterocycles. The second kappa shape index (κ2) is 5.51. The summed E-state index contributed by atoms with van der Waals surface area (Å²) in [6.07, 6.45) is 0.438. The zero-order chi connectivity index (χ0) is 10.6. The van der Waals surface area contributed by atoms with E-state index < -0.39 is 0 Å². The molecule has 0 amide bonds. The first-order valence-corrected chi connectivity index (χ1v) is 5.76. The van der Waals surface area contributed by atoms with Crippen LogP contribution >= 0.6 is 31.9 Å². The summed E-state index contributed by atoms with van der Waals surface area (Å²) in [6, 6.07) is 5.70. The maximum absolute atomic E-state index is 10.7. The van der Waals surface area contributed by atoms with Crippen LogP contribution in [0.4, 0.5) is 0 Å². The van der Waals surface area contributed by atoms with E-state index in [0.717, 1.165) is 14.7 Å². The Kier molecular flexibility index (Phi) is 4.62. The molecule has 76 valence electrons. The lowest BCUT2D eigenvalue weighted by atomic mass is 10.3. The fourth-order valence-corrected chi connectivity index (χ4v) is 2.14. The van der Waals surface area contributed by atoms with Crippen molar-refractivity contribution < 1.29 is 9.53 Å². The van der Waals surface area contributed by atoms with Crippen LogP contribution < -0.4 is 4.74 Å². The first-order chi connectivity index (χ1) is 6.61. The van der Waals surface area contributed by atoms with Crippen LogP contribution in [-0.4, -0.2) is 12.4 Å². The standard InChI is InChI=1S/C10H10Br2O2/c1-7(13)5-6-14-10-8(11)3-2-4-9(10)12/h2-4H,5-6H2,1H3. The maximum atomic E-state index is 10.7. The van der Waals surface area contributed by atoms with E-state index in [1.807, 2.05) is 18.2 Å². The summed E-state index contributed by atoms with van der Waals surface area (Å²) in [6.45, 7) is 1.97. The summed E-state index contributed by atoms with van der Waals surface area (Å²) in [5.74, 6) is 0.877. The number of halogens is 2. The molecule has 0 radical (unpaired) electrons. The monoisotopic (exact) mass is 320 g/mol. The average molecular weight is 322 g/mol. The number of Topliss-reactive ketones (excluding diaryl/α,β-unsaturated/α-hetero) is 1. The fourth-order valence-electron chi connectivity index (χ4n) is 0.917. The van der Waals surface area contributed by atoms with Crippen molar-refractivity contribution in [1.82, 2.24) is 0 Å². The number of ketones is 1. The molecule has 4 heteroatoms. The van der Waals surface area contributed by atoms with Crippen molar-refractivity contribution >= 4 is 37.6 Å². The number of hydrogen-bond acceptors (Lipinski definition) is 2. The van der Waals surface area contributed by atoms with Gasteiger partial charge >= 0.3 is 0 Å². The van der Waals surface area contributed by atoms with E-state index in [1.54, 1.807) is 6.92 Å². The second-order valence-corrected chi connectivity index (χ2v) is 4.56. The van der Waals surface area contributed by atoms with Gasteiger partial charge in [-0.2, -0.15) is 0 Å². The van der Waals surface area contributed by atoms with E-state index >= 15 is 0 Å². The smallest absolute Gasteiger partial charge is 0.147 e. The number of hydrogen-bond donors (Lipinski definition) is 0. The number of carbonyl (C=O) groups is 1. The Labute approximate surface area is 99.9 Å². The Balaban J connectivity index is 2.62. The molecule has 2 nitrogen and oxygen atoms in total. The quantitative estimate of drug-likeness (QED) is 0.847. The third-order valence-electron chi connectivity index (χ3n) is 1.62. The molecule has 0 fully saturated rings. The molecule has 0 aliphatic rings. The highest BCUT2D eigenvalue weighted by Gasteiger charge is 2.05. The van der Waals surface area contributed by atoms with Gasteiger partial charge in [-0.05, 0) is 50.9 Å². The molecule has 0 spiro atoms. The van der Waals surface area contributed by atoms with Crippen LogP contribution in [0.25, 0.3) is 0 Å². The van der Waals surface area contributed by atoms with Crippen LogP contribution in [0.2, 0.25) is 0 Å². The van der Waals surface area contributed by atoms with Gasteiger partial charge in [0.05, 0.1) is 15.6 Å². The molecule has 0 saturated carbocycles. The zero-order valence-electron chi connectivity index (χ0n) is 7.72. The van der Waals surface area contributed by atoms with Crippen LogP contribution in [0.5, 0.6) is 5.75 Å². The van der Waals surface area contributed by atoms with Crippen LogP contribution in [0.3, 0.4) is 0 Å². The van der Waals surface area contributed by atoms with Crippen molar-refractivity contribution in [2.24, 2.45) is 0 Å². The van der Waals surface area contributed by atoms with E-state index in [9.17, 15) is 4.79 Å². The number of ether oxygens (including phenoxy) is 1. The summed E-state index contributed by atoms with van der Waals surface area (Å²) in [7, 11) is 0. The lowest BCUT2D eigenvalue weighted by Gasteiger charge is -2.08. The van der Waals surface area contributed by atoms with Gasteiger partial charge in [-0.15, -0.1) is 0 Å². The molecular formula is C10H10Br2O2. The normalized spacial score (nSPS) is 9.93. The predicted molar refractivity (Wildman–Crippen MR) is 62.6 cm³/mol. The van der Waals surface area contributed by atoms with Crippen molar-refractivity contribution in [2.45, 2.75) is 13.3 Å². The summed E-state index contributed by atoms with van der Waals surface area (Å²) in [4.78, 5) is 10.7. The van der Waals surface area contributed by atoms with Gasteiger partial charge in [0.1, 0.15) is 11.5 Å². The van der Waals surface area contributed by atoms with Crippen molar-refractivity contribution in [3.63, 3.8) is 0 Å². The average Bonchev–Trinajstić information content (AvgIpc) is 2.09. The molecular weight excluding hydrogens is 312 g/mol. The molecule has 0 atom stereocenters. The molecule has 14 heavy (non-hydrogen) atoms. The third-order valence-corrected chi connectivity index (χ3v) is 2.87. The number of rotatable bonds is 4. The Morgan fingerprint density at radius 2 is 1.93 bits per heavy atom. The van der Waals surface area contributed by atoms with Gasteiger partial charge in [-0.25, -0.2) is 0 Å². The maximum Gasteiger partial charge on any atom is 0.147 e. The molecule has 0 aliphatic heterocycles. The highest BCUT2D eigenvalue weighted by atomic mass is 79.9. The number of carbonyl (C=O) groups excluding carboxylic acids is 1. The highest BCUT2D eigenvalue weighted by molar-refractivity contribution is 9.11. The Bertz CT molecular complexity index is 317. The summed E-state index contributed by atoms with van der Waals surface area (Å²) in [5, 5.41) is 0. The SMILES string of the molecule is CC(=O)CCOc1c(Br)cccc1Br. The Morgan fingerprint density at radius 1 is 1.36 bits per heavy atom. The van der Waals surface area contributed by atoms with Crippen LogP contribution in [-0.2, 0) is 4.79 Å². The molecule has 0 N–H and O–H groups in total. The van der Waals surface area contributed by atoms with Gasteiger partial charge in [0.25, 0.3) is 0 Å². The lowest BCUT2D eigenvalue weighted by Crippen LogP contribution is -2.03. The van der Waals surface area contributed by atoms with Gasteiger partial charge < -0.3 is 4.74 Å². The largest absolute Gasteiger partial charge is 0.491 e. The molecule has 0 aliphatic carbocycles. The first kappa shape index (κ1) is 11.7. The van der Waals surface area contributed by atoms with Gasteiger partial charge in [-0.3, -0.25) is 4.79 Å². The fraction of sp³-hybridized carbons (Fsp3) is 0.300. The van der Waals surface area contributed by atoms with E-state index in [4.69, 9.17) is 4.74 Å². The minimum absolute atomic E-state index is 0.133. The van der Waals surface area contributed by atoms with Crippen LogP contribution in [0, 0.1) is 0 Å². The van der Waals surface area contributed by atoms with Crippen molar-refractivity contribution in [1.29, 1.82) is 0 Å². The van der Waals surface area contributed by atoms with Crippen molar-refractivity contribution in [2.75, 3.05) is 6.61 Å². The van der Waals surface area contributed by atoms with Crippen molar-refractivity contribution in [3.05, 3.63) is 27.1 Å². The number of benzene rings is 1. The van der Waals surface area contributed by atoms with Crippen LogP contribution in [0.15, 0.2) is 27.1 Å². The Hall–Kier alpha value is -0.350. The van der Waals surface area contributed by atoms with Gasteiger partial charge in [-0.1, -0.05) is 6.07 Å².